The monoisotopic (exact) mass is 638 g/mol. The summed E-state index contributed by atoms with van der Waals surface area (Å²) < 4.78 is 38.9. The quantitative estimate of drug-likeness (QED) is 0.129. The second kappa shape index (κ2) is 13.4. The molecule has 2 fully saturated rings. The number of hydrogen-bond acceptors (Lipinski definition) is 16. The number of fused-ring (bicyclic) bond motifs is 1. The van der Waals surface area contributed by atoms with Crippen molar-refractivity contribution in [2.24, 2.45) is 0 Å². The SMILES string of the molecule is COc1ccc(-c2cc(=O)c3c(O)c(O[C@@H]4O[C@@H](CO)[C@H](O)[C@@H](O)[C@@H]4O[C@H]4O[C@H](CO)[C@H](O)[C@H](O)[C@H]4O)c(OC)cc3o2)cc1. The summed E-state index contributed by atoms with van der Waals surface area (Å²) >= 11 is 0. The molecule has 45 heavy (non-hydrogen) atoms. The van der Waals surface area contributed by atoms with E-state index in [9.17, 15) is 45.6 Å². The van der Waals surface area contributed by atoms with Gasteiger partial charge in [0.05, 0.1) is 27.4 Å². The van der Waals surface area contributed by atoms with E-state index >= 15 is 0 Å². The highest BCUT2D eigenvalue weighted by Crippen LogP contribution is 2.44. The first-order valence-corrected chi connectivity index (χ1v) is 13.8. The largest absolute Gasteiger partial charge is 0.504 e. The van der Waals surface area contributed by atoms with Crippen molar-refractivity contribution in [3.63, 3.8) is 0 Å². The predicted octanol–water partition coefficient (Wildman–Crippen LogP) is -1.81. The Bertz CT molecular complexity index is 1520. The summed E-state index contributed by atoms with van der Waals surface area (Å²) in [6, 6.07) is 9.11. The van der Waals surface area contributed by atoms with Gasteiger partial charge in [-0.15, -0.1) is 0 Å². The van der Waals surface area contributed by atoms with Gasteiger partial charge in [-0.2, -0.15) is 0 Å². The van der Waals surface area contributed by atoms with Crippen molar-refractivity contribution >= 4 is 11.0 Å². The molecule has 16 nitrogen and oxygen atoms in total. The molecule has 0 aliphatic carbocycles. The Balaban J connectivity index is 1.51. The molecular weight excluding hydrogens is 604 g/mol. The van der Waals surface area contributed by atoms with E-state index in [0.717, 1.165) is 6.07 Å². The van der Waals surface area contributed by atoms with Gasteiger partial charge in [-0.25, -0.2) is 0 Å². The maximum atomic E-state index is 13.2. The van der Waals surface area contributed by atoms with Gasteiger partial charge in [0.1, 0.15) is 65.2 Å². The van der Waals surface area contributed by atoms with Crippen molar-refractivity contribution in [3.05, 3.63) is 46.6 Å². The van der Waals surface area contributed by atoms with E-state index in [1.165, 1.54) is 20.3 Å². The Morgan fingerprint density at radius 1 is 0.778 bits per heavy atom. The number of aromatic hydroxyl groups is 1. The Morgan fingerprint density at radius 2 is 1.40 bits per heavy atom. The molecule has 0 bridgehead atoms. The Morgan fingerprint density at radius 3 is 2.00 bits per heavy atom. The fraction of sp³-hybridized carbons (Fsp3) is 0.483. The van der Waals surface area contributed by atoms with Crippen LogP contribution in [-0.4, -0.2) is 130 Å². The third kappa shape index (κ3) is 6.17. The van der Waals surface area contributed by atoms with Crippen LogP contribution in [0.15, 0.2) is 45.6 Å². The summed E-state index contributed by atoms with van der Waals surface area (Å²) in [7, 11) is 2.74. The summed E-state index contributed by atoms with van der Waals surface area (Å²) in [5.41, 5.74) is -0.188. The molecule has 246 valence electrons. The zero-order valence-corrected chi connectivity index (χ0v) is 24.0. The topological polar surface area (TPSA) is 247 Å². The van der Waals surface area contributed by atoms with E-state index in [4.69, 9.17) is 32.8 Å². The second-order valence-electron chi connectivity index (χ2n) is 10.5. The number of ether oxygens (including phenoxy) is 6. The Hall–Kier alpha value is -3.55. The van der Waals surface area contributed by atoms with Crippen LogP contribution in [-0.2, 0) is 14.2 Å². The smallest absolute Gasteiger partial charge is 0.230 e. The van der Waals surface area contributed by atoms with Crippen LogP contribution in [0.2, 0.25) is 0 Å². The molecule has 0 spiro atoms. The van der Waals surface area contributed by atoms with Crippen molar-refractivity contribution in [2.75, 3.05) is 27.4 Å². The average molecular weight is 639 g/mol. The van der Waals surface area contributed by atoms with Crippen LogP contribution in [0.3, 0.4) is 0 Å². The van der Waals surface area contributed by atoms with Crippen LogP contribution in [0.1, 0.15) is 0 Å². The molecule has 3 aromatic rings. The molecular formula is C29H34O16. The zero-order valence-electron chi connectivity index (χ0n) is 24.0. The number of aliphatic hydroxyl groups excluding tert-OH is 7. The van der Waals surface area contributed by atoms with Crippen LogP contribution < -0.4 is 19.6 Å². The van der Waals surface area contributed by atoms with Crippen LogP contribution in [0.25, 0.3) is 22.3 Å². The summed E-state index contributed by atoms with van der Waals surface area (Å²) in [6.45, 7) is -1.56. The molecule has 0 saturated carbocycles. The predicted molar refractivity (Wildman–Crippen MR) is 150 cm³/mol. The van der Waals surface area contributed by atoms with Gasteiger partial charge >= 0.3 is 0 Å². The van der Waals surface area contributed by atoms with Crippen molar-refractivity contribution < 1.29 is 73.7 Å². The maximum absolute atomic E-state index is 13.2. The summed E-state index contributed by atoms with van der Waals surface area (Å²) in [4.78, 5) is 13.2. The summed E-state index contributed by atoms with van der Waals surface area (Å²) in [5.74, 6) is -0.608. The maximum Gasteiger partial charge on any atom is 0.230 e. The number of aliphatic hydroxyl groups is 7. The first-order valence-electron chi connectivity index (χ1n) is 13.8. The van der Waals surface area contributed by atoms with E-state index in [2.05, 4.69) is 0 Å². The summed E-state index contributed by atoms with van der Waals surface area (Å²) in [5, 5.41) is 82.4. The molecule has 5 rings (SSSR count). The summed E-state index contributed by atoms with van der Waals surface area (Å²) in [6.07, 6.45) is -17.2. The molecule has 2 aromatic carbocycles. The zero-order chi connectivity index (χ0) is 32.6. The van der Waals surface area contributed by atoms with Gasteiger partial charge in [-0.1, -0.05) is 0 Å². The molecule has 8 N–H and O–H groups in total. The molecule has 2 aliphatic heterocycles. The highest BCUT2D eigenvalue weighted by Gasteiger charge is 2.51. The van der Waals surface area contributed by atoms with Gasteiger partial charge in [-0.3, -0.25) is 4.79 Å². The number of phenols is 1. The third-order valence-corrected chi connectivity index (χ3v) is 7.71. The van der Waals surface area contributed by atoms with Gasteiger partial charge in [0.2, 0.25) is 12.0 Å². The van der Waals surface area contributed by atoms with E-state index in [1.54, 1.807) is 24.3 Å². The normalized spacial score (nSPS) is 31.9. The standard InChI is InChI=1S/C29H34O16/c1-39-12-5-3-11(4-6-12)14-7-13(32)19-15(41-14)8-16(40-2)26(22(19)35)44-29-27(24(37)21(34)18(10-31)43-29)45-28-25(38)23(36)20(33)17(9-30)42-28/h3-8,17-18,20-21,23-25,27-31,33-38H,9-10H2,1-2H3/t17-,18+,20+,21+,23+,24-,25-,27+,28-,29+/m1/s1. The molecule has 2 saturated heterocycles. The van der Waals surface area contributed by atoms with E-state index in [0.29, 0.717) is 11.3 Å². The first kappa shape index (κ1) is 32.8. The lowest BCUT2D eigenvalue weighted by atomic mass is 9.97. The molecule has 2 aliphatic rings. The lowest BCUT2D eigenvalue weighted by Gasteiger charge is -2.45. The minimum atomic E-state index is -1.89. The van der Waals surface area contributed by atoms with Crippen LogP contribution in [0.4, 0.5) is 0 Å². The van der Waals surface area contributed by atoms with Crippen molar-refractivity contribution in [2.45, 2.75) is 61.4 Å². The van der Waals surface area contributed by atoms with E-state index in [-0.39, 0.29) is 22.5 Å². The van der Waals surface area contributed by atoms with E-state index in [1.807, 2.05) is 0 Å². The Labute approximate surface area is 254 Å². The minimum absolute atomic E-state index is 0.0719. The Kier molecular flexibility index (Phi) is 9.80. The fourth-order valence-electron chi connectivity index (χ4n) is 5.17. The molecule has 0 radical (unpaired) electrons. The molecule has 3 heterocycles. The molecule has 10 atom stereocenters. The average Bonchev–Trinajstić information content (AvgIpc) is 3.04. The van der Waals surface area contributed by atoms with Crippen LogP contribution in [0, 0.1) is 0 Å². The van der Waals surface area contributed by atoms with Gasteiger partial charge in [0.15, 0.2) is 29.3 Å². The lowest BCUT2D eigenvalue weighted by Crippen LogP contribution is -2.65. The van der Waals surface area contributed by atoms with Gasteiger partial charge < -0.3 is 73.7 Å². The van der Waals surface area contributed by atoms with E-state index < -0.39 is 91.6 Å². The number of phenolic OH excluding ortho intramolecular Hbond substituents is 1. The number of benzene rings is 2. The van der Waals surface area contributed by atoms with Crippen molar-refractivity contribution in [1.82, 2.24) is 0 Å². The third-order valence-electron chi connectivity index (χ3n) is 7.71. The van der Waals surface area contributed by atoms with Gasteiger partial charge in [0, 0.05) is 17.7 Å². The second-order valence-corrected chi connectivity index (χ2v) is 10.5. The number of rotatable bonds is 9. The number of hydrogen-bond donors (Lipinski definition) is 8. The van der Waals surface area contributed by atoms with Gasteiger partial charge in [0.25, 0.3) is 0 Å². The van der Waals surface area contributed by atoms with Gasteiger partial charge in [-0.05, 0) is 24.3 Å². The van der Waals surface area contributed by atoms with Crippen molar-refractivity contribution in [3.8, 4) is 34.3 Å². The molecule has 0 unspecified atom stereocenters. The molecule has 16 heteroatoms. The lowest BCUT2D eigenvalue weighted by molar-refractivity contribution is -0.358. The highest BCUT2D eigenvalue weighted by molar-refractivity contribution is 5.89. The highest BCUT2D eigenvalue weighted by atomic mass is 16.8. The van der Waals surface area contributed by atoms with Crippen LogP contribution in [0.5, 0.6) is 23.0 Å². The minimum Gasteiger partial charge on any atom is -0.504 e. The fourth-order valence-corrected chi connectivity index (χ4v) is 5.17. The number of methoxy groups -OCH3 is 2. The molecule has 1 aromatic heterocycles. The van der Waals surface area contributed by atoms with Crippen LogP contribution >= 0.6 is 0 Å². The molecule has 0 amide bonds. The van der Waals surface area contributed by atoms with Crippen molar-refractivity contribution in [1.29, 1.82) is 0 Å². The first-order chi connectivity index (χ1) is 21.5.